The topological polar surface area (TPSA) is 28.6 Å². The zero-order valence-electron chi connectivity index (χ0n) is 16.6. The van der Waals surface area contributed by atoms with E-state index in [2.05, 4.69) is 49.7 Å². The lowest BCUT2D eigenvalue weighted by Crippen LogP contribution is -2.54. The number of ether oxygens (including phenoxy) is 1. The minimum absolute atomic E-state index is 0.271. The molecule has 0 bridgehead atoms. The SMILES string of the molecule is CN1CCC(Oc2ccccn2)C(C2CN(C)CCC2C(C)(C)C)C1. The molecule has 0 aliphatic carbocycles. The number of likely N-dealkylation sites (tertiary alicyclic amines) is 2. The van der Waals surface area contributed by atoms with Crippen LogP contribution in [0.1, 0.15) is 33.6 Å². The second-order valence-corrected chi connectivity index (χ2v) is 9.23. The van der Waals surface area contributed by atoms with Gasteiger partial charge < -0.3 is 14.5 Å². The summed E-state index contributed by atoms with van der Waals surface area (Å²) in [6.45, 7) is 11.9. The first-order chi connectivity index (χ1) is 11.8. The van der Waals surface area contributed by atoms with Crippen molar-refractivity contribution in [2.24, 2.45) is 23.2 Å². The summed E-state index contributed by atoms with van der Waals surface area (Å²) in [4.78, 5) is 9.40. The van der Waals surface area contributed by atoms with E-state index in [0.717, 1.165) is 31.3 Å². The van der Waals surface area contributed by atoms with E-state index in [-0.39, 0.29) is 6.10 Å². The molecular formula is C21H35N3O. The van der Waals surface area contributed by atoms with Crippen molar-refractivity contribution >= 4 is 0 Å². The molecule has 2 aliphatic heterocycles. The molecule has 1 aromatic heterocycles. The summed E-state index contributed by atoms with van der Waals surface area (Å²) in [6.07, 6.45) is 4.48. The summed E-state index contributed by atoms with van der Waals surface area (Å²) in [6, 6.07) is 5.95. The minimum atomic E-state index is 0.271. The van der Waals surface area contributed by atoms with Crippen molar-refractivity contribution in [3.63, 3.8) is 0 Å². The van der Waals surface area contributed by atoms with E-state index in [0.29, 0.717) is 17.3 Å². The summed E-state index contributed by atoms with van der Waals surface area (Å²) in [5.74, 6) is 2.76. The number of pyridine rings is 1. The van der Waals surface area contributed by atoms with Gasteiger partial charge in [0, 0.05) is 37.8 Å². The van der Waals surface area contributed by atoms with Gasteiger partial charge in [0.25, 0.3) is 0 Å². The zero-order chi connectivity index (χ0) is 18.0. The van der Waals surface area contributed by atoms with Crippen molar-refractivity contribution < 1.29 is 4.74 Å². The molecule has 2 saturated heterocycles. The van der Waals surface area contributed by atoms with Crippen LogP contribution in [0.5, 0.6) is 5.88 Å². The largest absolute Gasteiger partial charge is 0.474 e. The van der Waals surface area contributed by atoms with Gasteiger partial charge in [-0.05, 0) is 56.8 Å². The number of hydrogen-bond donors (Lipinski definition) is 0. The van der Waals surface area contributed by atoms with E-state index in [4.69, 9.17) is 4.74 Å². The summed E-state index contributed by atoms with van der Waals surface area (Å²) in [7, 11) is 4.52. The van der Waals surface area contributed by atoms with Gasteiger partial charge in [-0.1, -0.05) is 26.8 Å². The first-order valence-corrected chi connectivity index (χ1v) is 9.79. The van der Waals surface area contributed by atoms with E-state index in [1.165, 1.54) is 19.5 Å². The quantitative estimate of drug-likeness (QED) is 0.839. The third kappa shape index (κ3) is 4.53. The molecular weight excluding hydrogens is 310 g/mol. The molecule has 0 spiro atoms. The Morgan fingerprint density at radius 1 is 1.00 bits per heavy atom. The van der Waals surface area contributed by atoms with Crippen molar-refractivity contribution in [1.29, 1.82) is 0 Å². The molecule has 140 valence electrons. The van der Waals surface area contributed by atoms with Crippen LogP contribution in [0.25, 0.3) is 0 Å². The zero-order valence-corrected chi connectivity index (χ0v) is 16.6. The Kier molecular flexibility index (Phi) is 5.69. The first-order valence-electron chi connectivity index (χ1n) is 9.79. The maximum absolute atomic E-state index is 6.41. The van der Waals surface area contributed by atoms with Crippen LogP contribution in [-0.4, -0.2) is 61.2 Å². The maximum Gasteiger partial charge on any atom is 0.213 e. The molecule has 4 nitrogen and oxygen atoms in total. The van der Waals surface area contributed by atoms with Crippen LogP contribution in [0.15, 0.2) is 24.4 Å². The van der Waals surface area contributed by atoms with Crippen LogP contribution in [-0.2, 0) is 0 Å². The highest BCUT2D eigenvalue weighted by molar-refractivity contribution is 5.10. The average molecular weight is 346 g/mol. The van der Waals surface area contributed by atoms with Gasteiger partial charge in [0.2, 0.25) is 5.88 Å². The van der Waals surface area contributed by atoms with Gasteiger partial charge in [-0.3, -0.25) is 0 Å². The highest BCUT2D eigenvalue weighted by Gasteiger charge is 2.44. The number of aromatic nitrogens is 1. The fraction of sp³-hybridized carbons (Fsp3) is 0.762. The molecule has 0 N–H and O–H groups in total. The normalized spacial score (nSPS) is 32.5. The predicted molar refractivity (Wildman–Crippen MR) is 103 cm³/mol. The fourth-order valence-corrected chi connectivity index (χ4v) is 4.92. The van der Waals surface area contributed by atoms with Gasteiger partial charge in [0.15, 0.2) is 0 Å². The summed E-state index contributed by atoms with van der Waals surface area (Å²) >= 11 is 0. The second-order valence-electron chi connectivity index (χ2n) is 9.23. The van der Waals surface area contributed by atoms with Crippen molar-refractivity contribution in [3.05, 3.63) is 24.4 Å². The van der Waals surface area contributed by atoms with Crippen molar-refractivity contribution in [2.45, 2.75) is 39.7 Å². The Balaban J connectivity index is 1.83. The highest BCUT2D eigenvalue weighted by Crippen LogP contribution is 2.43. The third-order valence-electron chi connectivity index (χ3n) is 6.23. The molecule has 4 atom stereocenters. The number of piperidine rings is 2. The molecule has 0 saturated carbocycles. The molecule has 25 heavy (non-hydrogen) atoms. The Morgan fingerprint density at radius 3 is 2.32 bits per heavy atom. The fourth-order valence-electron chi connectivity index (χ4n) is 4.92. The lowest BCUT2D eigenvalue weighted by Gasteiger charge is -2.50. The molecule has 0 amide bonds. The van der Waals surface area contributed by atoms with E-state index < -0.39 is 0 Å². The van der Waals surface area contributed by atoms with Gasteiger partial charge in [0.1, 0.15) is 6.10 Å². The summed E-state index contributed by atoms with van der Waals surface area (Å²) in [5.41, 5.74) is 0.345. The first kappa shape index (κ1) is 18.7. The van der Waals surface area contributed by atoms with Crippen LogP contribution >= 0.6 is 0 Å². The van der Waals surface area contributed by atoms with Crippen LogP contribution in [0.3, 0.4) is 0 Å². The Hall–Kier alpha value is -1.13. The maximum atomic E-state index is 6.41. The predicted octanol–water partition coefficient (Wildman–Crippen LogP) is 3.39. The van der Waals surface area contributed by atoms with Gasteiger partial charge >= 0.3 is 0 Å². The van der Waals surface area contributed by atoms with Crippen LogP contribution in [0.2, 0.25) is 0 Å². The summed E-state index contributed by atoms with van der Waals surface area (Å²) < 4.78 is 6.41. The Labute approximate surface area is 153 Å². The summed E-state index contributed by atoms with van der Waals surface area (Å²) in [5, 5.41) is 0. The standard InChI is InChI=1S/C21H35N3O/c1-21(2,3)18-9-12-23(4)14-16(18)17-15-24(5)13-10-19(17)25-20-8-6-7-11-22-20/h6-8,11,16-19H,9-10,12-15H2,1-5H3. The highest BCUT2D eigenvalue weighted by atomic mass is 16.5. The number of hydrogen-bond acceptors (Lipinski definition) is 4. The van der Waals surface area contributed by atoms with E-state index in [1.807, 2.05) is 24.4 Å². The molecule has 4 unspecified atom stereocenters. The monoisotopic (exact) mass is 345 g/mol. The van der Waals surface area contributed by atoms with Crippen LogP contribution in [0.4, 0.5) is 0 Å². The van der Waals surface area contributed by atoms with Crippen molar-refractivity contribution in [1.82, 2.24) is 14.8 Å². The number of rotatable bonds is 3. The van der Waals surface area contributed by atoms with Crippen LogP contribution < -0.4 is 4.74 Å². The molecule has 4 heteroatoms. The molecule has 0 aromatic carbocycles. The van der Waals surface area contributed by atoms with Crippen molar-refractivity contribution in [3.8, 4) is 5.88 Å². The smallest absolute Gasteiger partial charge is 0.213 e. The lowest BCUT2D eigenvalue weighted by atomic mass is 9.63. The van der Waals surface area contributed by atoms with Gasteiger partial charge in [0.05, 0.1) is 0 Å². The molecule has 2 aliphatic rings. The van der Waals surface area contributed by atoms with Gasteiger partial charge in [-0.15, -0.1) is 0 Å². The Morgan fingerprint density at radius 2 is 1.68 bits per heavy atom. The van der Waals surface area contributed by atoms with E-state index in [1.54, 1.807) is 0 Å². The molecule has 0 radical (unpaired) electrons. The molecule has 2 fully saturated rings. The molecule has 1 aromatic rings. The minimum Gasteiger partial charge on any atom is -0.474 e. The second kappa shape index (κ2) is 7.63. The van der Waals surface area contributed by atoms with Crippen molar-refractivity contribution in [2.75, 3.05) is 40.3 Å². The third-order valence-corrected chi connectivity index (χ3v) is 6.23. The van der Waals surface area contributed by atoms with Gasteiger partial charge in [-0.25, -0.2) is 4.98 Å². The van der Waals surface area contributed by atoms with Crippen LogP contribution in [0, 0.1) is 23.2 Å². The average Bonchev–Trinajstić information content (AvgIpc) is 2.56. The molecule has 3 heterocycles. The van der Waals surface area contributed by atoms with E-state index in [9.17, 15) is 0 Å². The van der Waals surface area contributed by atoms with Gasteiger partial charge in [-0.2, -0.15) is 0 Å². The lowest BCUT2D eigenvalue weighted by molar-refractivity contribution is -0.0451. The molecule has 3 rings (SSSR count). The Bertz CT molecular complexity index is 542. The number of nitrogens with zero attached hydrogens (tertiary/aromatic N) is 3. The van der Waals surface area contributed by atoms with E-state index >= 15 is 0 Å².